The Balaban J connectivity index is 2.28. The number of aromatic nitrogens is 2. The standard InChI is InChI=1S/C15H13F2N3/c16-11-8-13-14(9-12(11)17)20(7-6-18)15(19-13)10-4-2-1-3-5-10/h1-5,8-9H,6-7,18H2. The van der Waals surface area contributed by atoms with Crippen molar-refractivity contribution in [2.24, 2.45) is 5.73 Å². The molecule has 0 amide bonds. The lowest BCUT2D eigenvalue weighted by Crippen LogP contribution is -2.11. The van der Waals surface area contributed by atoms with Crippen LogP contribution in [-0.4, -0.2) is 16.1 Å². The largest absolute Gasteiger partial charge is 0.329 e. The molecule has 0 atom stereocenters. The molecule has 0 fully saturated rings. The second-order valence-corrected chi connectivity index (χ2v) is 4.50. The number of nitrogens with two attached hydrogens (primary N) is 1. The highest BCUT2D eigenvalue weighted by Gasteiger charge is 2.15. The zero-order valence-corrected chi connectivity index (χ0v) is 10.7. The molecule has 0 radical (unpaired) electrons. The number of rotatable bonds is 3. The molecule has 0 spiro atoms. The van der Waals surface area contributed by atoms with Crippen LogP contribution in [0.25, 0.3) is 22.4 Å². The van der Waals surface area contributed by atoms with Crippen molar-refractivity contribution < 1.29 is 8.78 Å². The van der Waals surface area contributed by atoms with E-state index >= 15 is 0 Å². The molecule has 0 aliphatic rings. The van der Waals surface area contributed by atoms with Gasteiger partial charge in [0, 0.05) is 30.8 Å². The van der Waals surface area contributed by atoms with Gasteiger partial charge in [-0.3, -0.25) is 0 Å². The molecule has 0 aliphatic carbocycles. The fourth-order valence-electron chi connectivity index (χ4n) is 2.28. The summed E-state index contributed by atoms with van der Waals surface area (Å²) in [6, 6.07) is 11.8. The average molecular weight is 273 g/mol. The molecule has 1 heterocycles. The van der Waals surface area contributed by atoms with Gasteiger partial charge in [-0.05, 0) is 0 Å². The van der Waals surface area contributed by atoms with E-state index in [4.69, 9.17) is 5.73 Å². The molecule has 0 saturated heterocycles. The van der Waals surface area contributed by atoms with Crippen LogP contribution in [0.1, 0.15) is 0 Å². The molecule has 0 unspecified atom stereocenters. The van der Waals surface area contributed by atoms with Crippen molar-refractivity contribution in [2.75, 3.05) is 6.54 Å². The smallest absolute Gasteiger partial charge is 0.161 e. The fraction of sp³-hybridized carbons (Fsp3) is 0.133. The Hall–Kier alpha value is -2.27. The maximum absolute atomic E-state index is 13.4. The van der Waals surface area contributed by atoms with Crippen LogP contribution in [0, 0.1) is 11.6 Å². The van der Waals surface area contributed by atoms with Crippen molar-refractivity contribution in [3.05, 3.63) is 54.1 Å². The van der Waals surface area contributed by atoms with Gasteiger partial charge in [-0.25, -0.2) is 13.8 Å². The lowest BCUT2D eigenvalue weighted by Gasteiger charge is -2.07. The fourth-order valence-corrected chi connectivity index (χ4v) is 2.28. The molecule has 2 aromatic carbocycles. The van der Waals surface area contributed by atoms with Crippen molar-refractivity contribution in [1.29, 1.82) is 0 Å². The number of fused-ring (bicyclic) bond motifs is 1. The molecule has 1 aromatic heterocycles. The summed E-state index contributed by atoms with van der Waals surface area (Å²) in [6.07, 6.45) is 0. The van der Waals surface area contributed by atoms with E-state index in [9.17, 15) is 8.78 Å². The summed E-state index contributed by atoms with van der Waals surface area (Å²) in [7, 11) is 0. The third kappa shape index (κ3) is 2.06. The van der Waals surface area contributed by atoms with Crippen molar-refractivity contribution in [3.63, 3.8) is 0 Å². The second kappa shape index (κ2) is 5.02. The first-order valence-corrected chi connectivity index (χ1v) is 6.31. The van der Waals surface area contributed by atoms with Crippen molar-refractivity contribution in [1.82, 2.24) is 9.55 Å². The van der Waals surface area contributed by atoms with Gasteiger partial charge in [0.2, 0.25) is 0 Å². The molecule has 0 bridgehead atoms. The van der Waals surface area contributed by atoms with E-state index in [1.54, 1.807) is 0 Å². The van der Waals surface area contributed by atoms with E-state index in [0.29, 0.717) is 29.9 Å². The molecule has 102 valence electrons. The minimum absolute atomic E-state index is 0.393. The third-order valence-corrected chi connectivity index (χ3v) is 3.17. The summed E-state index contributed by atoms with van der Waals surface area (Å²) in [4.78, 5) is 4.40. The molecule has 3 nitrogen and oxygen atoms in total. The van der Waals surface area contributed by atoms with Crippen LogP contribution in [0.15, 0.2) is 42.5 Å². The first-order chi connectivity index (χ1) is 9.70. The normalized spacial score (nSPS) is 11.2. The molecule has 3 rings (SSSR count). The molecule has 0 saturated carbocycles. The van der Waals surface area contributed by atoms with E-state index < -0.39 is 11.6 Å². The number of halogens is 2. The molecular formula is C15H13F2N3. The summed E-state index contributed by atoms with van der Waals surface area (Å²) >= 11 is 0. The highest BCUT2D eigenvalue weighted by Crippen LogP contribution is 2.26. The van der Waals surface area contributed by atoms with Crippen molar-refractivity contribution in [2.45, 2.75) is 6.54 Å². The lowest BCUT2D eigenvalue weighted by molar-refractivity contribution is 0.510. The van der Waals surface area contributed by atoms with Gasteiger partial charge in [-0.2, -0.15) is 0 Å². The third-order valence-electron chi connectivity index (χ3n) is 3.17. The summed E-state index contributed by atoms with van der Waals surface area (Å²) in [5.41, 5.74) is 7.47. The van der Waals surface area contributed by atoms with Gasteiger partial charge in [-0.15, -0.1) is 0 Å². The first kappa shape index (κ1) is 12.7. The van der Waals surface area contributed by atoms with Crippen LogP contribution in [0.4, 0.5) is 8.78 Å². The Morgan fingerprint density at radius 1 is 1.05 bits per heavy atom. The van der Waals surface area contributed by atoms with Gasteiger partial charge in [0.1, 0.15) is 5.82 Å². The predicted molar refractivity (Wildman–Crippen MR) is 74.1 cm³/mol. The highest BCUT2D eigenvalue weighted by atomic mass is 19.2. The quantitative estimate of drug-likeness (QED) is 0.797. The van der Waals surface area contributed by atoms with Crippen LogP contribution in [0.2, 0.25) is 0 Å². The van der Waals surface area contributed by atoms with E-state index in [1.807, 2.05) is 34.9 Å². The van der Waals surface area contributed by atoms with Crippen molar-refractivity contribution >= 4 is 11.0 Å². The number of hydrogen-bond acceptors (Lipinski definition) is 2. The number of hydrogen-bond donors (Lipinski definition) is 1. The number of nitrogens with zero attached hydrogens (tertiary/aromatic N) is 2. The SMILES string of the molecule is NCCn1c(-c2ccccc2)nc2cc(F)c(F)cc21. The molecule has 2 N–H and O–H groups in total. The van der Waals surface area contributed by atoms with Gasteiger partial charge >= 0.3 is 0 Å². The minimum Gasteiger partial charge on any atom is -0.329 e. The minimum atomic E-state index is -0.894. The number of imidazole rings is 1. The molecule has 20 heavy (non-hydrogen) atoms. The maximum atomic E-state index is 13.4. The Morgan fingerprint density at radius 2 is 1.75 bits per heavy atom. The van der Waals surface area contributed by atoms with E-state index in [-0.39, 0.29) is 0 Å². The van der Waals surface area contributed by atoms with Gasteiger partial charge in [0.25, 0.3) is 0 Å². The lowest BCUT2D eigenvalue weighted by atomic mass is 10.2. The van der Waals surface area contributed by atoms with Gasteiger partial charge in [0.05, 0.1) is 11.0 Å². The predicted octanol–water partition coefficient (Wildman–Crippen LogP) is 2.94. The Labute approximate surface area is 114 Å². The van der Waals surface area contributed by atoms with Gasteiger partial charge in [0.15, 0.2) is 11.6 Å². The van der Waals surface area contributed by atoms with E-state index in [1.165, 1.54) is 6.07 Å². The second-order valence-electron chi connectivity index (χ2n) is 4.50. The highest BCUT2D eigenvalue weighted by molar-refractivity contribution is 5.80. The zero-order chi connectivity index (χ0) is 14.1. The average Bonchev–Trinajstić information content (AvgIpc) is 2.79. The molecular weight excluding hydrogens is 260 g/mol. The van der Waals surface area contributed by atoms with Gasteiger partial charge < -0.3 is 10.3 Å². The Kier molecular flexibility index (Phi) is 3.20. The molecule has 3 aromatic rings. The van der Waals surface area contributed by atoms with Crippen molar-refractivity contribution in [3.8, 4) is 11.4 Å². The Bertz CT molecular complexity index is 751. The maximum Gasteiger partial charge on any atom is 0.161 e. The molecule has 5 heteroatoms. The van der Waals surface area contributed by atoms with E-state index in [2.05, 4.69) is 4.98 Å². The first-order valence-electron chi connectivity index (χ1n) is 6.31. The van der Waals surface area contributed by atoms with E-state index in [0.717, 1.165) is 11.6 Å². The monoisotopic (exact) mass is 273 g/mol. The summed E-state index contributed by atoms with van der Waals surface area (Å²) < 4.78 is 28.6. The summed E-state index contributed by atoms with van der Waals surface area (Å²) in [5, 5.41) is 0. The number of benzene rings is 2. The van der Waals surface area contributed by atoms with Crippen LogP contribution >= 0.6 is 0 Å². The molecule has 0 aliphatic heterocycles. The van der Waals surface area contributed by atoms with Crippen LogP contribution < -0.4 is 5.73 Å². The summed E-state index contributed by atoms with van der Waals surface area (Å²) in [5.74, 6) is -1.11. The Morgan fingerprint density at radius 3 is 2.45 bits per heavy atom. The summed E-state index contributed by atoms with van der Waals surface area (Å²) in [6.45, 7) is 0.885. The van der Waals surface area contributed by atoms with Crippen LogP contribution in [-0.2, 0) is 6.54 Å². The van der Waals surface area contributed by atoms with Crippen LogP contribution in [0.3, 0.4) is 0 Å². The van der Waals surface area contributed by atoms with Gasteiger partial charge in [-0.1, -0.05) is 30.3 Å². The topological polar surface area (TPSA) is 43.8 Å². The van der Waals surface area contributed by atoms with Crippen LogP contribution in [0.5, 0.6) is 0 Å². The zero-order valence-electron chi connectivity index (χ0n) is 10.7.